The molecule has 1 aliphatic carbocycles. The van der Waals surface area contributed by atoms with Crippen molar-refractivity contribution < 1.29 is 47.1 Å². The fourth-order valence-corrected chi connectivity index (χ4v) is 4.80. The number of hydrogen-bond donors (Lipinski definition) is 2. The normalized spacial score (nSPS) is 15.6. The number of phosphoric acid groups is 1. The number of nitrogens with one attached hydrogen (secondary N) is 1. The van der Waals surface area contributed by atoms with Crippen molar-refractivity contribution in [3.63, 3.8) is 0 Å². The average molecular weight is 612 g/mol. The van der Waals surface area contributed by atoms with Crippen molar-refractivity contribution in [3.05, 3.63) is 22.7 Å². The summed E-state index contributed by atoms with van der Waals surface area (Å²) in [6.45, 7) is 2.22. The lowest BCUT2D eigenvalue weighted by Gasteiger charge is -2.20. The molecule has 0 aromatic rings. The van der Waals surface area contributed by atoms with Gasteiger partial charge in [0.25, 0.3) is 0 Å². The van der Waals surface area contributed by atoms with E-state index < -0.39 is 13.9 Å². The predicted molar refractivity (Wildman–Crippen MR) is 140 cm³/mol. The molecule has 0 radical (unpaired) electrons. The van der Waals surface area contributed by atoms with Gasteiger partial charge in [-0.05, 0) is 26.2 Å². The summed E-state index contributed by atoms with van der Waals surface area (Å²) in [6.07, 6.45) is 6.91. The maximum absolute atomic E-state index is 12.6. The number of carbonyl (C=O) groups excluding carboxylic acids is 3. The number of ketones is 2. The molecule has 1 amide bonds. The molecule has 13 heteroatoms. The molecule has 212 valence electrons. The molecular weight excluding hydrogens is 573 g/mol. The van der Waals surface area contributed by atoms with Crippen molar-refractivity contribution in [2.24, 2.45) is 0 Å². The highest BCUT2D eigenvalue weighted by Gasteiger charge is 2.34. The summed E-state index contributed by atoms with van der Waals surface area (Å²) in [7, 11) is -1.35. The second-order valence-corrected chi connectivity index (χ2v) is 10.5. The van der Waals surface area contributed by atoms with Crippen LogP contribution >= 0.6 is 23.8 Å². The first kappa shape index (κ1) is 33.3. The molecule has 1 atom stereocenters. The minimum Gasteiger partial charge on any atom is -0.489 e. The number of phosphoric ester groups is 1. The lowest BCUT2D eigenvalue weighted by atomic mass is 9.89. The number of methoxy groups -OCH3 is 2. The van der Waals surface area contributed by atoms with Crippen molar-refractivity contribution in [3.8, 4) is 0 Å². The Morgan fingerprint density at radius 2 is 1.43 bits per heavy atom. The zero-order valence-electron chi connectivity index (χ0n) is 21.8. The second-order valence-electron chi connectivity index (χ2n) is 8.29. The van der Waals surface area contributed by atoms with E-state index >= 15 is 0 Å². The number of alkyl carbamates (subject to hydrolysis) is 1. The van der Waals surface area contributed by atoms with Gasteiger partial charge in [0.2, 0.25) is 23.1 Å². The van der Waals surface area contributed by atoms with Crippen LogP contribution in [0.2, 0.25) is 0 Å². The second kappa shape index (κ2) is 18.5. The van der Waals surface area contributed by atoms with Gasteiger partial charge in [0.1, 0.15) is 0 Å². The van der Waals surface area contributed by atoms with Gasteiger partial charge in [-0.3, -0.25) is 18.6 Å². The smallest absolute Gasteiger partial charge is 0.472 e. The van der Waals surface area contributed by atoms with Gasteiger partial charge in [0.05, 0.1) is 34.0 Å². The molecule has 0 heterocycles. The molecule has 0 spiro atoms. The van der Waals surface area contributed by atoms with Crippen LogP contribution in [0.5, 0.6) is 0 Å². The number of allylic oxidation sites excluding steroid dienone is 2. The minimum absolute atomic E-state index is 0.0238. The number of unbranched alkanes of at least 4 members (excludes halogenated alkanes) is 6. The summed E-state index contributed by atoms with van der Waals surface area (Å²) in [5.41, 5.74) is 0.925. The molecule has 1 unspecified atom stereocenters. The van der Waals surface area contributed by atoms with E-state index in [1.165, 1.54) is 14.2 Å². The fourth-order valence-electron chi connectivity index (χ4n) is 3.64. The van der Waals surface area contributed by atoms with Crippen LogP contribution in [0.3, 0.4) is 0 Å². The van der Waals surface area contributed by atoms with Gasteiger partial charge in [-0.25, -0.2) is 9.36 Å². The Morgan fingerprint density at radius 1 is 0.865 bits per heavy atom. The van der Waals surface area contributed by atoms with E-state index in [4.69, 9.17) is 18.7 Å². The van der Waals surface area contributed by atoms with Crippen molar-refractivity contribution in [2.45, 2.75) is 64.7 Å². The van der Waals surface area contributed by atoms with Gasteiger partial charge in [0, 0.05) is 29.4 Å². The quantitative estimate of drug-likeness (QED) is 0.0857. The zero-order valence-corrected chi connectivity index (χ0v) is 24.3. The maximum Gasteiger partial charge on any atom is 0.472 e. The van der Waals surface area contributed by atoms with Crippen molar-refractivity contribution >= 4 is 41.4 Å². The lowest BCUT2D eigenvalue weighted by molar-refractivity contribution is -0.121. The van der Waals surface area contributed by atoms with Crippen LogP contribution in [0.25, 0.3) is 0 Å². The van der Waals surface area contributed by atoms with Crippen LogP contribution in [-0.2, 0) is 37.4 Å². The molecule has 0 aromatic heterocycles. The minimum atomic E-state index is -4.06. The first-order valence-corrected chi connectivity index (χ1v) is 15.0. The van der Waals surface area contributed by atoms with E-state index in [1.54, 1.807) is 6.92 Å². The predicted octanol–water partition coefficient (Wildman–Crippen LogP) is 4.72. The molecule has 0 aliphatic heterocycles. The van der Waals surface area contributed by atoms with Crippen molar-refractivity contribution in [2.75, 3.05) is 45.9 Å². The van der Waals surface area contributed by atoms with E-state index in [2.05, 4.69) is 25.8 Å². The third-order valence-corrected chi connectivity index (χ3v) is 6.92. The largest absolute Gasteiger partial charge is 0.489 e. The van der Waals surface area contributed by atoms with E-state index in [-0.39, 0.29) is 49.3 Å². The first-order valence-electron chi connectivity index (χ1n) is 12.4. The highest BCUT2D eigenvalue weighted by Crippen LogP contribution is 2.43. The molecule has 0 saturated heterocycles. The molecule has 0 fully saturated rings. The van der Waals surface area contributed by atoms with Gasteiger partial charge >= 0.3 is 13.9 Å². The molecule has 0 aromatic carbocycles. The standard InChI is InChI=1S/C24H39BrNO10P/c1-18-19(21(28)23(33-3)22(32-2)20(18)27)12-9-7-5-4-6-8-10-14-26-24(29)34-15-11-16-35-37(30,31)36-17-13-25/h4-17H2,1-3H3,(H,26,29)(H,30,31). The van der Waals surface area contributed by atoms with Crippen molar-refractivity contribution in [1.29, 1.82) is 0 Å². The Bertz CT molecular complexity index is 874. The fraction of sp³-hybridized carbons (Fsp3) is 0.708. The Kier molecular flexibility index (Phi) is 16.7. The van der Waals surface area contributed by atoms with Crippen LogP contribution in [-0.4, -0.2) is 68.5 Å². The molecule has 37 heavy (non-hydrogen) atoms. The third kappa shape index (κ3) is 12.6. The highest BCUT2D eigenvalue weighted by atomic mass is 79.9. The Balaban J connectivity index is 2.06. The Hall–Kier alpha value is -1.72. The number of rotatable bonds is 20. The molecule has 0 bridgehead atoms. The average Bonchev–Trinajstić information content (AvgIpc) is 2.87. The van der Waals surface area contributed by atoms with Gasteiger partial charge < -0.3 is 24.4 Å². The zero-order chi connectivity index (χ0) is 27.7. The summed E-state index contributed by atoms with van der Waals surface area (Å²) in [6, 6.07) is 0. The number of Topliss-reactive ketones (excluding diaryl/α,β-unsaturated/α-hetero) is 2. The first-order chi connectivity index (χ1) is 17.7. The number of amides is 1. The third-order valence-electron chi connectivity index (χ3n) is 5.58. The van der Waals surface area contributed by atoms with Crippen LogP contribution in [0.4, 0.5) is 4.79 Å². The molecule has 1 aliphatic rings. The van der Waals surface area contributed by atoms with Crippen LogP contribution < -0.4 is 5.32 Å². The van der Waals surface area contributed by atoms with Crippen LogP contribution in [0, 0.1) is 0 Å². The number of hydrogen-bond acceptors (Lipinski definition) is 9. The summed E-state index contributed by atoms with van der Waals surface area (Å²) >= 11 is 3.08. The monoisotopic (exact) mass is 611 g/mol. The van der Waals surface area contributed by atoms with E-state index in [1.807, 2.05) is 0 Å². The highest BCUT2D eigenvalue weighted by molar-refractivity contribution is 9.09. The van der Waals surface area contributed by atoms with Gasteiger partial charge in [-0.2, -0.15) is 0 Å². The molecular formula is C24H39BrNO10P. The van der Waals surface area contributed by atoms with Crippen LogP contribution in [0.1, 0.15) is 64.7 Å². The van der Waals surface area contributed by atoms with E-state index in [0.717, 1.165) is 44.9 Å². The van der Waals surface area contributed by atoms with Crippen molar-refractivity contribution in [1.82, 2.24) is 5.32 Å². The van der Waals surface area contributed by atoms with Gasteiger partial charge in [-0.1, -0.05) is 48.0 Å². The summed E-state index contributed by atoms with van der Waals surface area (Å²) in [5, 5.41) is 3.09. The number of alkyl halides is 1. The number of carbonyl (C=O) groups is 3. The van der Waals surface area contributed by atoms with E-state index in [0.29, 0.717) is 29.4 Å². The summed E-state index contributed by atoms with van der Waals surface area (Å²) < 4.78 is 36.0. The molecule has 11 nitrogen and oxygen atoms in total. The molecule has 1 rings (SSSR count). The topological polar surface area (TPSA) is 147 Å². The Labute approximate surface area is 227 Å². The van der Waals surface area contributed by atoms with Gasteiger partial charge in [-0.15, -0.1) is 0 Å². The van der Waals surface area contributed by atoms with Crippen LogP contribution in [0.15, 0.2) is 22.7 Å². The lowest BCUT2D eigenvalue weighted by Crippen LogP contribution is -2.25. The summed E-state index contributed by atoms with van der Waals surface area (Å²) in [5.74, 6) is -0.634. The SMILES string of the molecule is COC1=C(OC)C(=O)C(CCCCCCCCCNC(=O)OCCCOP(=O)(O)OCCBr)=C(C)C1=O. The van der Waals surface area contributed by atoms with E-state index in [9.17, 15) is 23.8 Å². The molecule has 0 saturated carbocycles. The summed E-state index contributed by atoms with van der Waals surface area (Å²) in [4.78, 5) is 46.0. The maximum atomic E-state index is 12.6. The Morgan fingerprint density at radius 3 is 2.05 bits per heavy atom. The number of halogens is 1. The van der Waals surface area contributed by atoms with Gasteiger partial charge in [0.15, 0.2) is 0 Å². The molecule has 2 N–H and O–H groups in total. The number of ether oxygens (including phenoxy) is 3.